The molecule has 1 aromatic carbocycles. The number of nitrogens with one attached hydrogen (secondary N) is 1. The average Bonchev–Trinajstić information content (AvgIpc) is 2.35. The Morgan fingerprint density at radius 3 is 2.55 bits per heavy atom. The lowest BCUT2D eigenvalue weighted by Gasteiger charge is -2.31. The van der Waals surface area contributed by atoms with Gasteiger partial charge in [0.15, 0.2) is 0 Å². The quantitative estimate of drug-likeness (QED) is 0.804. The smallest absolute Gasteiger partial charge is 0.328 e. The number of ether oxygens (including phenoxy) is 1. The van der Waals surface area contributed by atoms with Gasteiger partial charge in [-0.3, -0.25) is 10.1 Å². The van der Waals surface area contributed by atoms with E-state index in [-0.39, 0.29) is 0 Å². The minimum Gasteiger partial charge on any atom is -0.480 e. The van der Waals surface area contributed by atoms with E-state index in [9.17, 15) is 14.7 Å². The van der Waals surface area contributed by atoms with E-state index in [1.165, 1.54) is 0 Å². The van der Waals surface area contributed by atoms with Crippen molar-refractivity contribution >= 4 is 11.9 Å². The number of carbonyl (C=O) groups is 2. The van der Waals surface area contributed by atoms with Gasteiger partial charge in [-0.15, -0.1) is 0 Å². The third-order valence-electron chi connectivity index (χ3n) is 3.10. The van der Waals surface area contributed by atoms with Crippen LogP contribution in [0.4, 0.5) is 0 Å². The molecule has 0 bridgehead atoms. The first kappa shape index (κ1) is 14.5. The van der Waals surface area contributed by atoms with Gasteiger partial charge in [-0.25, -0.2) is 4.79 Å². The monoisotopic (exact) mass is 277 g/mol. The zero-order valence-electron chi connectivity index (χ0n) is 11.8. The normalized spacial score (nSPS) is 21.9. The Balaban J connectivity index is 2.31. The second-order valence-electron chi connectivity index (χ2n) is 5.93. The molecule has 0 saturated heterocycles. The number of hydrogen-bond donors (Lipinski definition) is 2. The summed E-state index contributed by atoms with van der Waals surface area (Å²) in [6.07, 6.45) is 0.366. The lowest BCUT2D eigenvalue weighted by Crippen LogP contribution is -2.48. The molecular formula is C15H19NO4. The highest BCUT2D eigenvalue weighted by Gasteiger charge is 2.36. The standard InChI is InChI=1S/C15H19NO4/c1-15(2,3)20-14(19)12-10-7-5-4-6-9(10)8-11(16-12)13(17)18/h4-7,11-12,16H,8H2,1-3H3,(H,17,18)/t11?,12-/m1/s1. The van der Waals surface area contributed by atoms with E-state index in [4.69, 9.17) is 4.74 Å². The molecule has 0 amide bonds. The van der Waals surface area contributed by atoms with Gasteiger partial charge in [-0.05, 0) is 38.3 Å². The van der Waals surface area contributed by atoms with E-state index in [0.717, 1.165) is 11.1 Å². The summed E-state index contributed by atoms with van der Waals surface area (Å²) in [4.78, 5) is 23.5. The van der Waals surface area contributed by atoms with Gasteiger partial charge >= 0.3 is 11.9 Å². The maximum absolute atomic E-state index is 12.3. The number of benzene rings is 1. The maximum atomic E-state index is 12.3. The van der Waals surface area contributed by atoms with E-state index in [0.29, 0.717) is 6.42 Å². The van der Waals surface area contributed by atoms with Gasteiger partial charge < -0.3 is 9.84 Å². The third-order valence-corrected chi connectivity index (χ3v) is 3.10. The van der Waals surface area contributed by atoms with Gasteiger partial charge in [0.2, 0.25) is 0 Å². The number of aliphatic carboxylic acids is 1. The van der Waals surface area contributed by atoms with Crippen LogP contribution in [0.1, 0.15) is 37.9 Å². The molecular weight excluding hydrogens is 258 g/mol. The number of carbonyl (C=O) groups excluding carboxylic acids is 1. The largest absolute Gasteiger partial charge is 0.480 e. The molecule has 0 radical (unpaired) electrons. The highest BCUT2D eigenvalue weighted by Crippen LogP contribution is 2.27. The van der Waals surface area contributed by atoms with E-state index in [1.807, 2.05) is 24.3 Å². The number of carboxylic acid groups (broad SMARTS) is 1. The average molecular weight is 277 g/mol. The Labute approximate surface area is 117 Å². The second-order valence-corrected chi connectivity index (χ2v) is 5.93. The van der Waals surface area contributed by atoms with Gasteiger partial charge in [0.05, 0.1) is 0 Å². The summed E-state index contributed by atoms with van der Waals surface area (Å²) in [7, 11) is 0. The second kappa shape index (κ2) is 5.25. The molecule has 0 saturated carbocycles. The predicted molar refractivity (Wildman–Crippen MR) is 73.3 cm³/mol. The molecule has 5 heteroatoms. The van der Waals surface area contributed by atoms with Crippen molar-refractivity contribution in [1.82, 2.24) is 5.32 Å². The molecule has 1 aliphatic heterocycles. The van der Waals surface area contributed by atoms with E-state index in [1.54, 1.807) is 20.8 Å². The van der Waals surface area contributed by atoms with Crippen LogP contribution in [0.3, 0.4) is 0 Å². The maximum Gasteiger partial charge on any atom is 0.328 e. The van der Waals surface area contributed by atoms with E-state index >= 15 is 0 Å². The lowest BCUT2D eigenvalue weighted by atomic mass is 9.90. The first-order chi connectivity index (χ1) is 9.28. The molecule has 20 heavy (non-hydrogen) atoms. The molecule has 1 unspecified atom stereocenters. The first-order valence-corrected chi connectivity index (χ1v) is 6.57. The number of carboxylic acids is 1. The molecule has 2 rings (SSSR count). The fraction of sp³-hybridized carbons (Fsp3) is 0.467. The minimum atomic E-state index is -0.965. The van der Waals surface area contributed by atoms with Crippen molar-refractivity contribution < 1.29 is 19.4 Å². The highest BCUT2D eigenvalue weighted by molar-refractivity contribution is 5.82. The molecule has 2 atom stereocenters. The third kappa shape index (κ3) is 3.17. The first-order valence-electron chi connectivity index (χ1n) is 6.57. The SMILES string of the molecule is CC(C)(C)OC(=O)[C@@H]1NC(C(=O)O)Cc2ccccc21. The Hall–Kier alpha value is -1.88. The topological polar surface area (TPSA) is 75.6 Å². The molecule has 1 aromatic rings. The van der Waals surface area contributed by atoms with Crippen LogP contribution in [0.25, 0.3) is 0 Å². The highest BCUT2D eigenvalue weighted by atomic mass is 16.6. The number of fused-ring (bicyclic) bond motifs is 1. The van der Waals surface area contributed by atoms with Gasteiger partial charge in [0.1, 0.15) is 17.7 Å². The lowest BCUT2D eigenvalue weighted by molar-refractivity contribution is -0.158. The minimum absolute atomic E-state index is 0.366. The van der Waals surface area contributed by atoms with Crippen LogP contribution >= 0.6 is 0 Å². The Morgan fingerprint density at radius 2 is 1.95 bits per heavy atom. The van der Waals surface area contributed by atoms with Crippen LogP contribution < -0.4 is 5.32 Å². The van der Waals surface area contributed by atoms with Crippen molar-refractivity contribution in [2.75, 3.05) is 0 Å². The Bertz CT molecular complexity index is 533. The summed E-state index contributed by atoms with van der Waals surface area (Å²) in [5.41, 5.74) is 1.05. The Morgan fingerprint density at radius 1 is 1.30 bits per heavy atom. The Kier molecular flexibility index (Phi) is 3.81. The predicted octanol–water partition coefficient (Wildman–Crippen LogP) is 1.67. The van der Waals surface area contributed by atoms with Crippen molar-refractivity contribution in [1.29, 1.82) is 0 Å². The molecule has 1 aliphatic rings. The van der Waals surface area contributed by atoms with Crippen LogP contribution in [0.15, 0.2) is 24.3 Å². The molecule has 0 aromatic heterocycles. The summed E-state index contributed by atoms with van der Waals surface area (Å²) in [5.74, 6) is -1.41. The molecule has 0 spiro atoms. The summed E-state index contributed by atoms with van der Waals surface area (Å²) in [5, 5.41) is 12.0. The van der Waals surface area contributed by atoms with Crippen molar-refractivity contribution in [3.8, 4) is 0 Å². The molecule has 5 nitrogen and oxygen atoms in total. The van der Waals surface area contributed by atoms with Gasteiger partial charge in [-0.1, -0.05) is 24.3 Å². The van der Waals surface area contributed by atoms with E-state index < -0.39 is 29.6 Å². The van der Waals surface area contributed by atoms with Gasteiger partial charge in [0, 0.05) is 0 Å². The van der Waals surface area contributed by atoms with E-state index in [2.05, 4.69) is 5.32 Å². The van der Waals surface area contributed by atoms with Crippen molar-refractivity contribution in [2.24, 2.45) is 0 Å². The van der Waals surface area contributed by atoms with Gasteiger partial charge in [-0.2, -0.15) is 0 Å². The van der Waals surface area contributed by atoms with Crippen LogP contribution in [-0.2, 0) is 20.7 Å². The fourth-order valence-electron chi connectivity index (χ4n) is 2.29. The van der Waals surface area contributed by atoms with Crippen LogP contribution in [-0.4, -0.2) is 28.7 Å². The summed E-state index contributed by atoms with van der Waals surface area (Å²) in [6, 6.07) is 5.84. The van der Waals surface area contributed by atoms with Crippen LogP contribution in [0, 0.1) is 0 Å². The molecule has 0 fully saturated rings. The number of rotatable bonds is 2. The molecule has 1 heterocycles. The summed E-state index contributed by atoms with van der Waals surface area (Å²) >= 11 is 0. The summed E-state index contributed by atoms with van der Waals surface area (Å²) < 4.78 is 5.37. The fourth-order valence-corrected chi connectivity index (χ4v) is 2.29. The summed E-state index contributed by atoms with van der Waals surface area (Å²) in [6.45, 7) is 5.36. The van der Waals surface area contributed by atoms with Gasteiger partial charge in [0.25, 0.3) is 0 Å². The van der Waals surface area contributed by atoms with Crippen molar-refractivity contribution in [3.05, 3.63) is 35.4 Å². The molecule has 0 aliphatic carbocycles. The number of esters is 1. The number of hydrogen-bond acceptors (Lipinski definition) is 4. The van der Waals surface area contributed by atoms with Crippen molar-refractivity contribution in [2.45, 2.75) is 44.9 Å². The molecule has 2 N–H and O–H groups in total. The zero-order chi connectivity index (χ0) is 14.9. The molecule has 108 valence electrons. The van der Waals surface area contributed by atoms with Crippen LogP contribution in [0.5, 0.6) is 0 Å². The van der Waals surface area contributed by atoms with Crippen molar-refractivity contribution in [3.63, 3.8) is 0 Å². The van der Waals surface area contributed by atoms with Crippen LogP contribution in [0.2, 0.25) is 0 Å². The zero-order valence-corrected chi connectivity index (χ0v) is 11.8.